The Morgan fingerprint density at radius 1 is 0.918 bits per heavy atom. The predicted octanol–water partition coefficient (Wildman–Crippen LogP) is 7.55. The number of rotatable bonds is 10. The third-order valence-electron chi connectivity index (χ3n) is 8.67. The van der Waals surface area contributed by atoms with Gasteiger partial charge in [0.1, 0.15) is 18.8 Å². The van der Waals surface area contributed by atoms with Gasteiger partial charge in [-0.3, -0.25) is 4.98 Å². The van der Waals surface area contributed by atoms with Crippen molar-refractivity contribution in [2.24, 2.45) is 5.92 Å². The van der Waals surface area contributed by atoms with Crippen LogP contribution in [-0.4, -0.2) is 58.5 Å². The highest BCUT2D eigenvalue weighted by Gasteiger charge is 2.45. The Hall–Kier alpha value is -4.99. The molecule has 1 fully saturated rings. The van der Waals surface area contributed by atoms with Crippen molar-refractivity contribution in [3.8, 4) is 22.9 Å². The molecule has 9 heteroatoms. The summed E-state index contributed by atoms with van der Waals surface area (Å²) in [6, 6.07) is 31.5. The minimum atomic E-state index is -1.22. The number of aromatic nitrogens is 2. The van der Waals surface area contributed by atoms with Gasteiger partial charge < -0.3 is 29.0 Å². The molecule has 1 aliphatic rings. The maximum atomic E-state index is 12.9. The van der Waals surface area contributed by atoms with E-state index in [9.17, 15) is 9.90 Å². The topological polar surface area (TPSA) is 103 Å². The Morgan fingerprint density at radius 2 is 1.61 bits per heavy atom. The highest BCUT2D eigenvalue weighted by Crippen LogP contribution is 2.40. The number of hydrogen-bond donors (Lipinski definition) is 1. The number of benzene rings is 3. The van der Waals surface area contributed by atoms with Crippen molar-refractivity contribution in [3.63, 3.8) is 0 Å². The summed E-state index contributed by atoms with van der Waals surface area (Å²) in [5.74, 6) is 0.522. The number of nitrogens with zero attached hydrogens (tertiary/aromatic N) is 3. The van der Waals surface area contributed by atoms with Gasteiger partial charge in [0, 0.05) is 54.9 Å². The fraction of sp³-hybridized carbons (Fsp3) is 0.325. The first-order valence-electron chi connectivity index (χ1n) is 16.6. The van der Waals surface area contributed by atoms with Gasteiger partial charge in [-0.2, -0.15) is 4.98 Å². The van der Waals surface area contributed by atoms with Crippen molar-refractivity contribution in [3.05, 3.63) is 120 Å². The molecular weight excluding hydrogens is 618 g/mol. The van der Waals surface area contributed by atoms with Gasteiger partial charge in [-0.25, -0.2) is 4.79 Å². The van der Waals surface area contributed by atoms with Crippen LogP contribution >= 0.6 is 0 Å². The summed E-state index contributed by atoms with van der Waals surface area (Å²) in [7, 11) is 1.60. The van der Waals surface area contributed by atoms with Crippen LogP contribution in [0, 0.1) is 5.92 Å². The van der Waals surface area contributed by atoms with Gasteiger partial charge in [-0.1, -0.05) is 66.7 Å². The second kappa shape index (κ2) is 14.6. The number of methoxy groups -OCH3 is 1. The zero-order valence-corrected chi connectivity index (χ0v) is 28.5. The number of ether oxygens (including phenoxy) is 4. The fourth-order valence-corrected chi connectivity index (χ4v) is 6.12. The molecule has 0 spiro atoms. The number of carbonyl (C=O) groups is 1. The van der Waals surface area contributed by atoms with E-state index < -0.39 is 17.3 Å². The standard InChI is InChI=1S/C40H43N3O6/c1-39(2,3)49-38(44)43-20-19-40(45,33(24-43)27-46-4)32-15-17-35-30(22-32)21-31(23-41-35)34-16-18-36(47-25-28-11-7-5-8-12-28)42-37(34)48-26-29-13-9-6-10-14-29/h5-18,21-23,33,45H,19-20,24-27H2,1-4H3. The van der Waals surface area contributed by atoms with Crippen molar-refractivity contribution >= 4 is 17.0 Å². The average molecular weight is 662 g/mol. The Kier molecular flexibility index (Phi) is 10.1. The number of amides is 1. The van der Waals surface area contributed by atoms with Gasteiger partial charge in [-0.05, 0) is 68.1 Å². The molecule has 5 aromatic rings. The minimum Gasteiger partial charge on any atom is -0.473 e. The van der Waals surface area contributed by atoms with Crippen molar-refractivity contribution in [2.45, 2.75) is 51.6 Å². The third kappa shape index (κ3) is 8.18. The maximum Gasteiger partial charge on any atom is 0.410 e. The van der Waals surface area contributed by atoms with Gasteiger partial charge in [-0.15, -0.1) is 0 Å². The molecule has 9 nitrogen and oxygen atoms in total. The lowest BCUT2D eigenvalue weighted by Gasteiger charge is -2.44. The molecule has 0 bridgehead atoms. The van der Waals surface area contributed by atoms with Crippen LogP contribution in [0.5, 0.6) is 11.8 Å². The lowest BCUT2D eigenvalue weighted by atomic mass is 9.76. The molecule has 254 valence electrons. The first-order valence-corrected chi connectivity index (χ1v) is 16.6. The lowest BCUT2D eigenvalue weighted by molar-refractivity contribution is -0.0993. The van der Waals surface area contributed by atoms with Gasteiger partial charge >= 0.3 is 6.09 Å². The SMILES string of the molecule is COCC1CN(C(=O)OC(C)(C)C)CCC1(O)c1ccc2ncc(-c3ccc(OCc4ccccc4)nc3OCc3ccccc3)cc2c1. The minimum absolute atomic E-state index is 0.276. The van der Waals surface area contributed by atoms with Gasteiger partial charge in [0.2, 0.25) is 11.8 Å². The quantitative estimate of drug-likeness (QED) is 0.164. The van der Waals surface area contributed by atoms with E-state index in [-0.39, 0.29) is 12.5 Å². The van der Waals surface area contributed by atoms with Crippen molar-refractivity contribution in [1.82, 2.24) is 14.9 Å². The summed E-state index contributed by atoms with van der Waals surface area (Å²) in [5.41, 5.74) is 3.34. The molecule has 2 unspecified atom stereocenters. The summed E-state index contributed by atoms with van der Waals surface area (Å²) in [4.78, 5) is 24.1. The van der Waals surface area contributed by atoms with E-state index in [1.54, 1.807) is 18.2 Å². The van der Waals surface area contributed by atoms with Crippen molar-refractivity contribution in [2.75, 3.05) is 26.8 Å². The van der Waals surface area contributed by atoms with Crippen LogP contribution in [0.15, 0.2) is 103 Å². The zero-order valence-electron chi connectivity index (χ0n) is 28.5. The van der Waals surface area contributed by atoms with Crippen LogP contribution in [0.4, 0.5) is 4.79 Å². The van der Waals surface area contributed by atoms with E-state index in [1.807, 2.05) is 118 Å². The molecule has 1 amide bonds. The van der Waals surface area contributed by atoms with E-state index in [1.165, 1.54) is 0 Å². The largest absolute Gasteiger partial charge is 0.473 e. The Balaban J connectivity index is 1.29. The van der Waals surface area contributed by atoms with Crippen LogP contribution in [-0.2, 0) is 28.3 Å². The molecule has 49 heavy (non-hydrogen) atoms. The number of piperidine rings is 1. The molecule has 3 heterocycles. The first kappa shape index (κ1) is 33.9. The summed E-state index contributed by atoms with van der Waals surface area (Å²) in [6.45, 7) is 7.19. The first-order chi connectivity index (χ1) is 23.6. The van der Waals surface area contributed by atoms with Gasteiger partial charge in [0.05, 0.1) is 17.7 Å². The average Bonchev–Trinajstić information content (AvgIpc) is 3.10. The van der Waals surface area contributed by atoms with Crippen LogP contribution in [0.25, 0.3) is 22.0 Å². The molecule has 0 radical (unpaired) electrons. The van der Waals surface area contributed by atoms with Crippen LogP contribution in [0.2, 0.25) is 0 Å². The van der Waals surface area contributed by atoms with Crippen molar-refractivity contribution in [1.29, 1.82) is 0 Å². The molecule has 1 saturated heterocycles. The highest BCUT2D eigenvalue weighted by molar-refractivity contribution is 5.85. The number of carbonyl (C=O) groups excluding carboxylic acids is 1. The number of aliphatic hydroxyl groups is 1. The molecule has 1 aliphatic heterocycles. The number of pyridine rings is 2. The zero-order chi connectivity index (χ0) is 34.4. The molecule has 2 atom stereocenters. The Labute approximate surface area is 287 Å². The summed E-state index contributed by atoms with van der Waals surface area (Å²) in [5, 5.41) is 13.0. The summed E-state index contributed by atoms with van der Waals surface area (Å²) >= 11 is 0. The fourth-order valence-electron chi connectivity index (χ4n) is 6.12. The van der Waals surface area contributed by atoms with Crippen LogP contribution in [0.3, 0.4) is 0 Å². The van der Waals surface area contributed by atoms with Gasteiger partial charge in [0.25, 0.3) is 0 Å². The van der Waals surface area contributed by atoms with Crippen LogP contribution in [0.1, 0.15) is 43.9 Å². The predicted molar refractivity (Wildman–Crippen MR) is 188 cm³/mol. The molecule has 6 rings (SSSR count). The van der Waals surface area contributed by atoms with E-state index in [0.717, 1.165) is 38.7 Å². The van der Waals surface area contributed by atoms with Crippen molar-refractivity contribution < 1.29 is 28.8 Å². The monoisotopic (exact) mass is 661 g/mol. The summed E-state index contributed by atoms with van der Waals surface area (Å²) < 4.78 is 23.5. The highest BCUT2D eigenvalue weighted by atomic mass is 16.6. The Morgan fingerprint density at radius 3 is 2.29 bits per heavy atom. The molecule has 0 saturated carbocycles. The van der Waals surface area contributed by atoms with E-state index in [0.29, 0.717) is 44.5 Å². The normalized spacial score (nSPS) is 17.9. The van der Waals surface area contributed by atoms with E-state index >= 15 is 0 Å². The molecule has 2 aromatic heterocycles. The number of likely N-dealkylation sites (tertiary alicyclic amines) is 1. The Bertz CT molecular complexity index is 1880. The number of fused-ring (bicyclic) bond motifs is 1. The molecular formula is C40H43N3O6. The second-order valence-corrected chi connectivity index (χ2v) is 13.4. The maximum absolute atomic E-state index is 12.9. The van der Waals surface area contributed by atoms with E-state index in [2.05, 4.69) is 0 Å². The second-order valence-electron chi connectivity index (χ2n) is 13.4. The lowest BCUT2D eigenvalue weighted by Crippen LogP contribution is -2.54. The van der Waals surface area contributed by atoms with E-state index in [4.69, 9.17) is 28.9 Å². The molecule has 1 N–H and O–H groups in total. The molecule has 0 aliphatic carbocycles. The third-order valence-corrected chi connectivity index (χ3v) is 8.67. The van der Waals surface area contributed by atoms with Crippen LogP contribution < -0.4 is 9.47 Å². The smallest absolute Gasteiger partial charge is 0.410 e. The van der Waals surface area contributed by atoms with Gasteiger partial charge in [0.15, 0.2) is 0 Å². The molecule has 3 aromatic carbocycles. The number of hydrogen-bond acceptors (Lipinski definition) is 8. The summed E-state index contributed by atoms with van der Waals surface area (Å²) in [6.07, 6.45) is 1.75.